The molecular formula is C19H21N5O3S. The van der Waals surface area contributed by atoms with E-state index in [-0.39, 0.29) is 6.54 Å². The van der Waals surface area contributed by atoms with E-state index in [4.69, 9.17) is 4.42 Å². The molecule has 0 spiro atoms. The summed E-state index contributed by atoms with van der Waals surface area (Å²) in [4.78, 5) is 26.9. The maximum Gasteiger partial charge on any atom is 0.325 e. The van der Waals surface area contributed by atoms with E-state index in [1.807, 2.05) is 35.4 Å². The van der Waals surface area contributed by atoms with E-state index in [2.05, 4.69) is 20.8 Å². The zero-order valence-corrected chi connectivity index (χ0v) is 16.2. The molecule has 0 radical (unpaired) electrons. The number of hydrogen-bond donors (Lipinski definition) is 2. The molecule has 0 aliphatic carbocycles. The maximum atomic E-state index is 12.2. The minimum Gasteiger partial charge on any atom is -0.419 e. The molecule has 146 valence electrons. The molecule has 28 heavy (non-hydrogen) atoms. The summed E-state index contributed by atoms with van der Waals surface area (Å²) in [5, 5.41) is 15.0. The largest absolute Gasteiger partial charge is 0.419 e. The van der Waals surface area contributed by atoms with Gasteiger partial charge in [-0.3, -0.25) is 15.0 Å². The van der Waals surface area contributed by atoms with Crippen LogP contribution in [0.15, 0.2) is 52.3 Å². The normalized spacial score (nSPS) is 10.8. The van der Waals surface area contributed by atoms with E-state index >= 15 is 0 Å². The van der Waals surface area contributed by atoms with E-state index in [1.54, 1.807) is 24.3 Å². The first kappa shape index (κ1) is 19.7. The van der Waals surface area contributed by atoms with Crippen LogP contribution in [0.1, 0.15) is 19.2 Å². The quantitative estimate of drug-likeness (QED) is 0.602. The van der Waals surface area contributed by atoms with Crippen molar-refractivity contribution in [1.82, 2.24) is 20.4 Å². The Balaban J connectivity index is 1.53. The average molecular weight is 399 g/mol. The third-order valence-corrected chi connectivity index (χ3v) is 4.61. The third-order valence-electron chi connectivity index (χ3n) is 3.75. The summed E-state index contributed by atoms with van der Waals surface area (Å²) in [6.07, 6.45) is 0.843. The number of amides is 3. The first-order valence-electron chi connectivity index (χ1n) is 8.88. The highest BCUT2D eigenvalue weighted by Crippen LogP contribution is 2.23. The molecule has 3 rings (SSSR count). The lowest BCUT2D eigenvalue weighted by Crippen LogP contribution is -2.41. The van der Waals surface area contributed by atoms with Crippen LogP contribution in [-0.2, 0) is 11.3 Å². The van der Waals surface area contributed by atoms with Crippen molar-refractivity contribution in [2.24, 2.45) is 0 Å². The van der Waals surface area contributed by atoms with Gasteiger partial charge in [0.2, 0.25) is 11.8 Å². The number of imide groups is 1. The molecule has 0 unspecified atom stereocenters. The number of carbonyl (C=O) groups is 2. The van der Waals surface area contributed by atoms with Gasteiger partial charge in [0.1, 0.15) is 0 Å². The van der Waals surface area contributed by atoms with Gasteiger partial charge in [0.25, 0.3) is 5.89 Å². The Morgan fingerprint density at radius 2 is 1.96 bits per heavy atom. The van der Waals surface area contributed by atoms with Crippen molar-refractivity contribution in [2.45, 2.75) is 19.9 Å². The topological polar surface area (TPSA) is 100 Å². The van der Waals surface area contributed by atoms with Crippen LogP contribution in [0.3, 0.4) is 0 Å². The van der Waals surface area contributed by atoms with Crippen LogP contribution in [0.25, 0.3) is 10.8 Å². The van der Waals surface area contributed by atoms with Crippen molar-refractivity contribution in [3.05, 3.63) is 53.7 Å². The van der Waals surface area contributed by atoms with Crippen LogP contribution in [-0.4, -0.2) is 40.1 Å². The summed E-state index contributed by atoms with van der Waals surface area (Å²) < 4.78 is 5.68. The Morgan fingerprint density at radius 3 is 2.68 bits per heavy atom. The highest BCUT2D eigenvalue weighted by molar-refractivity contribution is 7.13. The van der Waals surface area contributed by atoms with Crippen LogP contribution in [0.4, 0.5) is 10.5 Å². The molecule has 9 heteroatoms. The monoisotopic (exact) mass is 399 g/mol. The molecule has 0 aliphatic heterocycles. The van der Waals surface area contributed by atoms with Gasteiger partial charge in [-0.1, -0.05) is 31.2 Å². The predicted molar refractivity (Wildman–Crippen MR) is 107 cm³/mol. The van der Waals surface area contributed by atoms with Gasteiger partial charge in [-0.25, -0.2) is 4.79 Å². The van der Waals surface area contributed by atoms with Gasteiger partial charge < -0.3 is 9.73 Å². The van der Waals surface area contributed by atoms with Crippen molar-refractivity contribution < 1.29 is 14.0 Å². The van der Waals surface area contributed by atoms with Crippen LogP contribution in [0, 0.1) is 0 Å². The Kier molecular flexibility index (Phi) is 6.88. The lowest BCUT2D eigenvalue weighted by molar-refractivity contribution is -0.121. The number of rotatable bonds is 8. The Morgan fingerprint density at radius 1 is 1.14 bits per heavy atom. The van der Waals surface area contributed by atoms with E-state index in [0.717, 1.165) is 11.3 Å². The van der Waals surface area contributed by atoms with Gasteiger partial charge in [-0.2, -0.15) is 0 Å². The number of para-hydroxylation sites is 1. The Hall–Kier alpha value is -3.04. The number of nitrogens with one attached hydrogen (secondary N) is 2. The second kappa shape index (κ2) is 9.77. The lowest BCUT2D eigenvalue weighted by Gasteiger charge is -2.18. The van der Waals surface area contributed by atoms with Crippen LogP contribution in [0.2, 0.25) is 0 Å². The summed E-state index contributed by atoms with van der Waals surface area (Å²) in [6.45, 7) is 3.05. The number of aromatic nitrogens is 2. The molecule has 2 N–H and O–H groups in total. The molecule has 8 nitrogen and oxygen atoms in total. The van der Waals surface area contributed by atoms with Crippen LogP contribution < -0.4 is 10.6 Å². The van der Waals surface area contributed by atoms with Crippen LogP contribution in [0.5, 0.6) is 0 Å². The molecule has 0 bridgehead atoms. The molecule has 0 saturated heterocycles. The van der Waals surface area contributed by atoms with E-state index in [1.165, 1.54) is 11.3 Å². The minimum atomic E-state index is -0.564. The zero-order valence-electron chi connectivity index (χ0n) is 15.4. The van der Waals surface area contributed by atoms with Crippen molar-refractivity contribution in [3.63, 3.8) is 0 Å². The number of benzene rings is 1. The van der Waals surface area contributed by atoms with Gasteiger partial charge in [0.15, 0.2) is 0 Å². The summed E-state index contributed by atoms with van der Waals surface area (Å²) in [6, 6.07) is 12.2. The Bertz CT molecular complexity index is 895. The number of carbonyl (C=O) groups excluding carboxylic acids is 2. The van der Waals surface area contributed by atoms with Crippen molar-refractivity contribution in [3.8, 4) is 10.8 Å². The van der Waals surface area contributed by atoms with E-state index < -0.39 is 11.9 Å². The fraction of sp³-hybridized carbons (Fsp3) is 0.263. The lowest BCUT2D eigenvalue weighted by atomic mass is 10.3. The van der Waals surface area contributed by atoms with Gasteiger partial charge in [0, 0.05) is 5.69 Å². The van der Waals surface area contributed by atoms with Crippen molar-refractivity contribution in [2.75, 3.05) is 18.4 Å². The third kappa shape index (κ3) is 5.73. The molecule has 3 aromatic rings. The number of thiophene rings is 1. The molecule has 1 aromatic carbocycles. The number of anilines is 1. The number of nitrogens with zero attached hydrogens (tertiary/aromatic N) is 3. The summed E-state index contributed by atoms with van der Waals surface area (Å²) in [5.41, 5.74) is 0.616. The van der Waals surface area contributed by atoms with Crippen molar-refractivity contribution >= 4 is 29.0 Å². The summed E-state index contributed by atoms with van der Waals surface area (Å²) in [5.74, 6) is 0.492. The number of urea groups is 1. The molecule has 0 aliphatic rings. The molecule has 0 atom stereocenters. The SMILES string of the molecule is CCCN(CC(=O)NC(=O)Nc1ccccc1)Cc1nnc(-c2cccs2)o1. The average Bonchev–Trinajstić information content (AvgIpc) is 3.34. The first-order chi connectivity index (χ1) is 13.6. The molecule has 3 amide bonds. The highest BCUT2D eigenvalue weighted by atomic mass is 32.1. The van der Waals surface area contributed by atoms with Crippen LogP contribution >= 0.6 is 11.3 Å². The molecule has 0 saturated carbocycles. The highest BCUT2D eigenvalue weighted by Gasteiger charge is 2.17. The Labute approximate surface area is 166 Å². The molecular weight excluding hydrogens is 378 g/mol. The summed E-state index contributed by atoms with van der Waals surface area (Å²) >= 11 is 1.52. The summed E-state index contributed by atoms with van der Waals surface area (Å²) in [7, 11) is 0. The second-order valence-corrected chi connectivity index (χ2v) is 7.00. The van der Waals surface area contributed by atoms with Gasteiger partial charge >= 0.3 is 6.03 Å². The molecule has 0 fully saturated rings. The maximum absolute atomic E-state index is 12.2. The fourth-order valence-electron chi connectivity index (χ4n) is 2.59. The van der Waals surface area contributed by atoms with E-state index in [9.17, 15) is 9.59 Å². The fourth-order valence-corrected chi connectivity index (χ4v) is 3.24. The molecule has 2 aromatic heterocycles. The smallest absolute Gasteiger partial charge is 0.325 e. The first-order valence-corrected chi connectivity index (χ1v) is 9.76. The molecule has 2 heterocycles. The van der Waals surface area contributed by atoms with Gasteiger partial charge in [0.05, 0.1) is 18.0 Å². The van der Waals surface area contributed by atoms with Gasteiger partial charge in [-0.05, 0) is 36.5 Å². The second-order valence-electron chi connectivity index (χ2n) is 6.06. The van der Waals surface area contributed by atoms with Gasteiger partial charge in [-0.15, -0.1) is 21.5 Å². The minimum absolute atomic E-state index is 0.0484. The standard InChI is InChI=1S/C19H21N5O3S/c1-2-10-24(13-17-22-23-18(27-17)15-9-6-11-28-15)12-16(25)21-19(26)20-14-7-4-3-5-8-14/h3-9,11H,2,10,12-13H2,1H3,(H2,20,21,25,26). The van der Waals surface area contributed by atoms with Crippen molar-refractivity contribution in [1.29, 1.82) is 0 Å². The van der Waals surface area contributed by atoms with E-state index in [0.29, 0.717) is 30.6 Å². The predicted octanol–water partition coefficient (Wildman–Crippen LogP) is 3.36. The number of hydrogen-bond acceptors (Lipinski definition) is 7. The zero-order chi connectivity index (χ0) is 19.8.